The van der Waals surface area contributed by atoms with Crippen LogP contribution in [0.3, 0.4) is 0 Å². The molecule has 0 bridgehead atoms. The van der Waals surface area contributed by atoms with Gasteiger partial charge in [0.25, 0.3) is 0 Å². The number of halogens is 1. The largest absolute Gasteiger partial charge is 0.497 e. The molecule has 2 aromatic carbocycles. The molecule has 0 amide bonds. The maximum Gasteiger partial charge on any atom is 0.317 e. The van der Waals surface area contributed by atoms with Crippen LogP contribution in [0, 0.1) is 11.8 Å². The maximum atomic E-state index is 14.0. The Bertz CT molecular complexity index is 1220. The van der Waals surface area contributed by atoms with Crippen molar-refractivity contribution >= 4 is 35.0 Å². The standard InChI is InChI=1S/C27H26ClNO6/c1-14-21(26(31)34-3)22(16-5-9-17(28)10-6-16)24-20(29-14)13-19(23(25(24)30)27(32)35-4)15-7-11-18(33-2)12-8-15/h5-12,19,21-23H,13H2,1-4H3/t19-,21?,22+,23+/m1/s1. The van der Waals surface area contributed by atoms with Crippen molar-refractivity contribution in [1.82, 2.24) is 0 Å². The monoisotopic (exact) mass is 495 g/mol. The van der Waals surface area contributed by atoms with E-state index in [9.17, 15) is 14.4 Å². The number of hydrogen-bond donors (Lipinski definition) is 0. The highest BCUT2D eigenvalue weighted by atomic mass is 35.5. The molecular formula is C27H26ClNO6. The predicted octanol–water partition coefficient (Wildman–Crippen LogP) is 4.50. The van der Waals surface area contributed by atoms with Gasteiger partial charge in [0, 0.05) is 33.8 Å². The number of methoxy groups -OCH3 is 3. The molecule has 7 nitrogen and oxygen atoms in total. The molecule has 2 aliphatic rings. The summed E-state index contributed by atoms with van der Waals surface area (Å²) >= 11 is 6.10. The summed E-state index contributed by atoms with van der Waals surface area (Å²) in [6.07, 6.45) is 0.336. The fraction of sp³-hybridized carbons (Fsp3) is 0.333. The minimum Gasteiger partial charge on any atom is -0.497 e. The molecule has 0 saturated heterocycles. The Balaban J connectivity index is 1.89. The second-order valence-electron chi connectivity index (χ2n) is 8.59. The van der Waals surface area contributed by atoms with Gasteiger partial charge < -0.3 is 14.2 Å². The van der Waals surface area contributed by atoms with Gasteiger partial charge in [-0.15, -0.1) is 0 Å². The second kappa shape index (κ2) is 10.0. The van der Waals surface area contributed by atoms with Crippen molar-refractivity contribution in [3.8, 4) is 5.75 Å². The van der Waals surface area contributed by atoms with Gasteiger partial charge in [0.05, 0.1) is 21.3 Å². The average Bonchev–Trinajstić information content (AvgIpc) is 2.87. The molecule has 8 heteroatoms. The smallest absolute Gasteiger partial charge is 0.317 e. The Kier molecular flexibility index (Phi) is 7.08. The molecule has 2 aromatic rings. The van der Waals surface area contributed by atoms with E-state index in [0.29, 0.717) is 39.7 Å². The summed E-state index contributed by atoms with van der Waals surface area (Å²) in [6, 6.07) is 14.2. The lowest BCUT2D eigenvalue weighted by molar-refractivity contribution is -0.150. The minimum absolute atomic E-state index is 0.336. The lowest BCUT2D eigenvalue weighted by atomic mass is 9.65. The third-order valence-corrected chi connectivity index (χ3v) is 7.02. The summed E-state index contributed by atoms with van der Waals surface area (Å²) in [5.74, 6) is -3.88. The zero-order valence-electron chi connectivity index (χ0n) is 19.9. The molecular weight excluding hydrogens is 470 g/mol. The van der Waals surface area contributed by atoms with Crippen LogP contribution in [0.25, 0.3) is 0 Å². The van der Waals surface area contributed by atoms with E-state index in [2.05, 4.69) is 0 Å². The van der Waals surface area contributed by atoms with Crippen molar-refractivity contribution in [3.05, 3.63) is 76.0 Å². The normalized spacial score (nSPS) is 23.8. The molecule has 4 atom stereocenters. The van der Waals surface area contributed by atoms with Crippen molar-refractivity contribution in [2.75, 3.05) is 21.3 Å². The zero-order valence-corrected chi connectivity index (χ0v) is 20.7. The number of aliphatic imine (C=N–C) groups is 1. The lowest BCUT2D eigenvalue weighted by Crippen LogP contribution is -2.43. The fourth-order valence-corrected chi connectivity index (χ4v) is 5.21. The third kappa shape index (κ3) is 4.48. The molecule has 1 aliphatic carbocycles. The van der Waals surface area contributed by atoms with E-state index in [1.54, 1.807) is 50.4 Å². The van der Waals surface area contributed by atoms with E-state index in [1.165, 1.54) is 14.2 Å². The first kappa shape index (κ1) is 24.7. The fourth-order valence-electron chi connectivity index (χ4n) is 5.08. The summed E-state index contributed by atoms with van der Waals surface area (Å²) in [4.78, 5) is 44.6. The molecule has 0 spiro atoms. The number of carbonyl (C=O) groups excluding carboxylic acids is 3. The Morgan fingerprint density at radius 3 is 2.03 bits per heavy atom. The number of esters is 2. The van der Waals surface area contributed by atoms with Gasteiger partial charge in [-0.05, 0) is 48.7 Å². The first-order valence-electron chi connectivity index (χ1n) is 11.2. The van der Waals surface area contributed by atoms with Crippen LogP contribution in [0.4, 0.5) is 0 Å². The van der Waals surface area contributed by atoms with Crippen LogP contribution in [0.1, 0.15) is 36.3 Å². The van der Waals surface area contributed by atoms with Gasteiger partial charge in [0.15, 0.2) is 5.78 Å². The van der Waals surface area contributed by atoms with E-state index < -0.39 is 41.4 Å². The van der Waals surface area contributed by atoms with E-state index in [0.717, 1.165) is 5.56 Å². The van der Waals surface area contributed by atoms with Gasteiger partial charge in [0.2, 0.25) is 0 Å². The Morgan fingerprint density at radius 1 is 0.886 bits per heavy atom. The van der Waals surface area contributed by atoms with Gasteiger partial charge >= 0.3 is 11.9 Å². The zero-order chi connectivity index (χ0) is 25.3. The summed E-state index contributed by atoms with van der Waals surface area (Å²) in [6.45, 7) is 1.76. The Hall–Kier alpha value is -3.45. The number of nitrogens with zero attached hydrogens (tertiary/aromatic N) is 1. The summed E-state index contributed by atoms with van der Waals surface area (Å²) in [5.41, 5.74) is 2.97. The van der Waals surface area contributed by atoms with Crippen LogP contribution in [-0.2, 0) is 23.9 Å². The number of benzene rings is 2. The average molecular weight is 496 g/mol. The van der Waals surface area contributed by atoms with Crippen molar-refractivity contribution in [2.24, 2.45) is 16.8 Å². The van der Waals surface area contributed by atoms with E-state index >= 15 is 0 Å². The van der Waals surface area contributed by atoms with E-state index in [-0.39, 0.29) is 0 Å². The SMILES string of the molecule is COC(=O)C1C(C)=NC2=C(C(=O)[C@@H](C(=O)OC)[C@@H](c3ccc(OC)cc3)C2)[C@H]1c1ccc(Cl)cc1. The molecule has 0 N–H and O–H groups in total. The molecule has 0 radical (unpaired) electrons. The first-order chi connectivity index (χ1) is 16.8. The number of Topliss-reactive ketones (excluding diaryl/α,β-unsaturated/α-hetero) is 1. The van der Waals surface area contributed by atoms with Crippen molar-refractivity contribution in [1.29, 1.82) is 0 Å². The van der Waals surface area contributed by atoms with Crippen LogP contribution in [0.5, 0.6) is 5.75 Å². The number of allylic oxidation sites excluding steroid dienone is 2. The summed E-state index contributed by atoms with van der Waals surface area (Å²) in [5, 5.41) is 0.528. The molecule has 0 fully saturated rings. The van der Waals surface area contributed by atoms with Gasteiger partial charge in [-0.1, -0.05) is 35.9 Å². The van der Waals surface area contributed by atoms with Crippen LogP contribution >= 0.6 is 11.6 Å². The third-order valence-electron chi connectivity index (χ3n) is 6.76. The number of ether oxygens (including phenoxy) is 3. The highest BCUT2D eigenvalue weighted by Crippen LogP contribution is 2.49. The number of rotatable bonds is 5. The van der Waals surface area contributed by atoms with E-state index in [4.69, 9.17) is 30.8 Å². The predicted molar refractivity (Wildman–Crippen MR) is 131 cm³/mol. The molecule has 4 rings (SSSR count). The van der Waals surface area contributed by atoms with Gasteiger partial charge in [-0.25, -0.2) is 0 Å². The number of ketones is 1. The highest BCUT2D eigenvalue weighted by Gasteiger charge is 2.50. The molecule has 1 aliphatic heterocycles. The molecule has 0 saturated carbocycles. The van der Waals surface area contributed by atoms with Crippen LogP contribution < -0.4 is 4.74 Å². The summed E-state index contributed by atoms with van der Waals surface area (Å²) < 4.78 is 15.4. The maximum absolute atomic E-state index is 14.0. The Labute approximate surface area is 208 Å². The molecule has 1 unspecified atom stereocenters. The van der Waals surface area contributed by atoms with Crippen molar-refractivity contribution in [3.63, 3.8) is 0 Å². The van der Waals surface area contributed by atoms with Crippen molar-refractivity contribution in [2.45, 2.75) is 25.2 Å². The molecule has 35 heavy (non-hydrogen) atoms. The molecule has 182 valence electrons. The first-order valence-corrected chi connectivity index (χ1v) is 11.6. The summed E-state index contributed by atoms with van der Waals surface area (Å²) in [7, 11) is 4.14. The Morgan fingerprint density at radius 2 is 1.46 bits per heavy atom. The minimum atomic E-state index is -1.08. The second-order valence-corrected chi connectivity index (χ2v) is 9.03. The highest BCUT2D eigenvalue weighted by molar-refractivity contribution is 6.30. The van der Waals surface area contributed by atoms with Gasteiger partial charge in [0.1, 0.15) is 17.6 Å². The molecule has 0 aromatic heterocycles. The molecule has 1 heterocycles. The van der Waals surface area contributed by atoms with Crippen LogP contribution in [0.2, 0.25) is 5.02 Å². The number of hydrogen-bond acceptors (Lipinski definition) is 7. The van der Waals surface area contributed by atoms with Gasteiger partial charge in [-0.2, -0.15) is 0 Å². The van der Waals surface area contributed by atoms with E-state index in [1.807, 2.05) is 12.1 Å². The van der Waals surface area contributed by atoms with Crippen LogP contribution in [-0.4, -0.2) is 44.8 Å². The van der Waals surface area contributed by atoms with Crippen LogP contribution in [0.15, 0.2) is 64.8 Å². The van der Waals surface area contributed by atoms with Crippen molar-refractivity contribution < 1.29 is 28.6 Å². The number of carbonyl (C=O) groups is 3. The topological polar surface area (TPSA) is 91.3 Å². The lowest BCUT2D eigenvalue weighted by Gasteiger charge is -2.39. The van der Waals surface area contributed by atoms with Gasteiger partial charge in [-0.3, -0.25) is 19.4 Å². The quantitative estimate of drug-likeness (QED) is 0.448.